The lowest BCUT2D eigenvalue weighted by Gasteiger charge is -2.37. The second kappa shape index (κ2) is 7.15. The van der Waals surface area contributed by atoms with Crippen LogP contribution < -0.4 is 5.32 Å². The first-order valence-electron chi connectivity index (χ1n) is 9.37. The number of ether oxygens (including phenoxy) is 1. The van der Waals surface area contributed by atoms with Crippen LogP contribution in [-0.2, 0) is 20.9 Å². The Morgan fingerprint density at radius 3 is 2.76 bits per heavy atom. The van der Waals surface area contributed by atoms with Crippen LogP contribution in [0.1, 0.15) is 43.8 Å². The Balaban J connectivity index is 1.42. The highest BCUT2D eigenvalue weighted by Crippen LogP contribution is 2.31. The Morgan fingerprint density at radius 2 is 2.04 bits per heavy atom. The molecule has 25 heavy (non-hydrogen) atoms. The van der Waals surface area contributed by atoms with Gasteiger partial charge in [0.15, 0.2) is 0 Å². The highest BCUT2D eigenvalue weighted by molar-refractivity contribution is 5.84. The van der Waals surface area contributed by atoms with Crippen molar-refractivity contribution in [1.29, 1.82) is 0 Å². The number of carbonyl (C=O) groups excluding carboxylic acids is 2. The van der Waals surface area contributed by atoms with Crippen molar-refractivity contribution in [1.82, 2.24) is 19.8 Å². The fraction of sp³-hybridized carbons (Fsp3) is 0.722. The zero-order chi connectivity index (χ0) is 17.2. The van der Waals surface area contributed by atoms with Crippen LogP contribution in [-0.4, -0.2) is 52.6 Å². The largest absolute Gasteiger partial charge is 0.381 e. The van der Waals surface area contributed by atoms with Gasteiger partial charge in [-0.1, -0.05) is 6.42 Å². The fourth-order valence-corrected chi connectivity index (χ4v) is 3.90. The van der Waals surface area contributed by atoms with Crippen molar-refractivity contribution < 1.29 is 14.3 Å². The van der Waals surface area contributed by atoms with Crippen molar-refractivity contribution in [2.24, 2.45) is 11.8 Å². The molecule has 3 heterocycles. The molecule has 1 aromatic heterocycles. The number of hydrogen-bond donors (Lipinski definition) is 1. The number of imidazole rings is 1. The van der Waals surface area contributed by atoms with E-state index >= 15 is 0 Å². The Bertz CT molecular complexity index is 634. The van der Waals surface area contributed by atoms with E-state index in [0.717, 1.165) is 51.0 Å². The Morgan fingerprint density at radius 1 is 1.24 bits per heavy atom. The summed E-state index contributed by atoms with van der Waals surface area (Å²) in [6.45, 7) is 3.23. The molecule has 1 N–H and O–H groups in total. The first-order valence-corrected chi connectivity index (χ1v) is 9.37. The summed E-state index contributed by atoms with van der Waals surface area (Å²) in [4.78, 5) is 31.5. The van der Waals surface area contributed by atoms with Crippen LogP contribution in [0.2, 0.25) is 0 Å². The van der Waals surface area contributed by atoms with E-state index in [1.54, 1.807) is 12.5 Å². The molecule has 0 radical (unpaired) electrons. The number of nitrogens with one attached hydrogen (secondary N) is 1. The van der Waals surface area contributed by atoms with E-state index in [1.165, 1.54) is 0 Å². The number of nitrogens with zero attached hydrogens (tertiary/aromatic N) is 3. The van der Waals surface area contributed by atoms with Crippen LogP contribution in [0.15, 0.2) is 12.5 Å². The maximum Gasteiger partial charge on any atom is 0.244 e. The Kier molecular flexibility index (Phi) is 4.74. The fourth-order valence-electron chi connectivity index (χ4n) is 3.90. The number of fused-ring (bicyclic) bond motifs is 1. The van der Waals surface area contributed by atoms with Crippen LogP contribution in [0.3, 0.4) is 0 Å². The third-order valence-electron chi connectivity index (χ3n) is 5.80. The summed E-state index contributed by atoms with van der Waals surface area (Å²) in [5.74, 6) is 0.814. The summed E-state index contributed by atoms with van der Waals surface area (Å²) in [5, 5.41) is 3.09. The number of rotatable bonds is 4. The normalized spacial score (nSPS) is 24.5. The smallest absolute Gasteiger partial charge is 0.244 e. The van der Waals surface area contributed by atoms with E-state index in [1.807, 2.05) is 9.47 Å². The number of aromatic nitrogens is 2. The highest BCUT2D eigenvalue weighted by Gasteiger charge is 2.36. The summed E-state index contributed by atoms with van der Waals surface area (Å²) in [6, 6.07) is -0.380. The molecule has 2 amide bonds. The molecule has 0 spiro atoms. The summed E-state index contributed by atoms with van der Waals surface area (Å²) >= 11 is 0. The summed E-state index contributed by atoms with van der Waals surface area (Å²) in [5.41, 5.74) is 0.935. The van der Waals surface area contributed by atoms with E-state index in [4.69, 9.17) is 4.74 Å². The van der Waals surface area contributed by atoms with Gasteiger partial charge in [0.05, 0.1) is 25.1 Å². The minimum atomic E-state index is -0.380. The predicted octanol–water partition coefficient (Wildman–Crippen LogP) is 1.11. The molecule has 4 rings (SSSR count). The molecule has 1 unspecified atom stereocenters. The molecule has 3 aliphatic rings. The molecular weight excluding hydrogens is 320 g/mol. The lowest BCUT2D eigenvalue weighted by Crippen LogP contribution is -2.49. The van der Waals surface area contributed by atoms with E-state index in [0.29, 0.717) is 25.6 Å². The molecule has 7 heteroatoms. The predicted molar refractivity (Wildman–Crippen MR) is 90.6 cm³/mol. The molecule has 0 bridgehead atoms. The highest BCUT2D eigenvalue weighted by atomic mass is 16.5. The van der Waals surface area contributed by atoms with Gasteiger partial charge < -0.3 is 19.5 Å². The van der Waals surface area contributed by atoms with E-state index in [-0.39, 0.29) is 23.8 Å². The summed E-state index contributed by atoms with van der Waals surface area (Å²) < 4.78 is 7.29. The van der Waals surface area contributed by atoms with Crippen molar-refractivity contribution in [2.75, 3.05) is 26.3 Å². The van der Waals surface area contributed by atoms with Gasteiger partial charge in [-0.15, -0.1) is 0 Å². The monoisotopic (exact) mass is 346 g/mol. The molecule has 7 nitrogen and oxygen atoms in total. The number of hydrogen-bond acceptors (Lipinski definition) is 4. The quantitative estimate of drug-likeness (QED) is 0.886. The number of amides is 2. The standard InChI is InChI=1S/C18H26N4O3/c23-17(20-8-13-4-6-25-7-5-13)16-11-21(18(24)14-2-1-3-14)10-15-9-19-12-22(15)16/h9,12-14,16H,1-8,10-11H2,(H,20,23). The molecule has 2 aliphatic heterocycles. The number of carbonyl (C=O) groups is 2. The maximum atomic E-state index is 12.8. The van der Waals surface area contributed by atoms with Gasteiger partial charge in [-0.05, 0) is 31.6 Å². The zero-order valence-electron chi connectivity index (χ0n) is 14.5. The third kappa shape index (κ3) is 3.42. The molecule has 0 aromatic carbocycles. The molecule has 1 aromatic rings. The van der Waals surface area contributed by atoms with E-state index in [2.05, 4.69) is 10.3 Å². The molecule has 1 saturated carbocycles. The third-order valence-corrected chi connectivity index (χ3v) is 5.80. The second-order valence-corrected chi connectivity index (χ2v) is 7.46. The topological polar surface area (TPSA) is 76.5 Å². The maximum absolute atomic E-state index is 12.8. The average Bonchev–Trinajstić information content (AvgIpc) is 3.06. The summed E-state index contributed by atoms with van der Waals surface area (Å²) in [6.07, 6.45) is 8.56. The van der Waals surface area contributed by atoms with Crippen LogP contribution in [0.25, 0.3) is 0 Å². The summed E-state index contributed by atoms with van der Waals surface area (Å²) in [7, 11) is 0. The van der Waals surface area contributed by atoms with Gasteiger partial charge in [0.1, 0.15) is 6.04 Å². The van der Waals surface area contributed by atoms with Crippen molar-refractivity contribution >= 4 is 11.8 Å². The van der Waals surface area contributed by atoms with Gasteiger partial charge in [-0.3, -0.25) is 9.59 Å². The van der Waals surface area contributed by atoms with Crippen LogP contribution >= 0.6 is 0 Å². The van der Waals surface area contributed by atoms with Gasteiger partial charge in [0.2, 0.25) is 11.8 Å². The molecule has 2 fully saturated rings. The van der Waals surface area contributed by atoms with Crippen molar-refractivity contribution in [3.8, 4) is 0 Å². The van der Waals surface area contributed by atoms with Gasteiger partial charge in [-0.2, -0.15) is 0 Å². The van der Waals surface area contributed by atoms with Gasteiger partial charge in [-0.25, -0.2) is 4.98 Å². The van der Waals surface area contributed by atoms with Crippen LogP contribution in [0.5, 0.6) is 0 Å². The molecule has 1 aliphatic carbocycles. The van der Waals surface area contributed by atoms with Gasteiger partial charge in [0.25, 0.3) is 0 Å². The van der Waals surface area contributed by atoms with E-state index in [9.17, 15) is 9.59 Å². The van der Waals surface area contributed by atoms with Crippen LogP contribution in [0, 0.1) is 11.8 Å². The van der Waals surface area contributed by atoms with Crippen LogP contribution in [0.4, 0.5) is 0 Å². The van der Waals surface area contributed by atoms with Crippen molar-refractivity contribution in [3.63, 3.8) is 0 Å². The lowest BCUT2D eigenvalue weighted by atomic mass is 9.84. The lowest BCUT2D eigenvalue weighted by molar-refractivity contribution is -0.141. The molecular formula is C18H26N4O3. The molecule has 136 valence electrons. The Labute approximate surface area is 147 Å². The SMILES string of the molecule is O=C(NCC1CCOCC1)C1CN(C(=O)C2CCC2)Cc2cncn21. The van der Waals surface area contributed by atoms with Gasteiger partial charge in [0, 0.05) is 31.9 Å². The molecule has 1 atom stereocenters. The average molecular weight is 346 g/mol. The minimum absolute atomic E-state index is 0.0168. The first-order chi connectivity index (χ1) is 12.2. The first kappa shape index (κ1) is 16.6. The van der Waals surface area contributed by atoms with Gasteiger partial charge >= 0.3 is 0 Å². The van der Waals surface area contributed by atoms with E-state index < -0.39 is 0 Å². The van der Waals surface area contributed by atoms with Crippen molar-refractivity contribution in [3.05, 3.63) is 18.2 Å². The Hall–Kier alpha value is -1.89. The second-order valence-electron chi connectivity index (χ2n) is 7.46. The minimum Gasteiger partial charge on any atom is -0.381 e. The molecule has 1 saturated heterocycles. The van der Waals surface area contributed by atoms with Crippen molar-refractivity contribution in [2.45, 2.75) is 44.7 Å². The zero-order valence-corrected chi connectivity index (χ0v) is 14.5.